The van der Waals surface area contributed by atoms with Gasteiger partial charge in [0.05, 0.1) is 12.0 Å². The third kappa shape index (κ3) is 4.50. The molecule has 0 aliphatic rings. The Balaban J connectivity index is 2.23. The highest BCUT2D eigenvalue weighted by Crippen LogP contribution is 2.22. The fourth-order valence-electron chi connectivity index (χ4n) is 2.88. The largest absolute Gasteiger partial charge is 0.422 e. The molecule has 140 valence electrons. The van der Waals surface area contributed by atoms with Crippen LogP contribution in [0.25, 0.3) is 11.0 Å². The number of hydrogen-bond acceptors (Lipinski definition) is 5. The second-order valence-electron chi connectivity index (χ2n) is 7.66. The standard InChI is InChI=1S/C20H26N2O4/c1-11(2)16(23)10-20(4,5)22-18(24)9-15-12(3)14-7-6-13(21)8-17(14)26-19(15)25/h6-8,11H,9-10,21H2,1-5H3,(H,22,24). The summed E-state index contributed by atoms with van der Waals surface area (Å²) in [4.78, 5) is 36.7. The molecule has 0 bridgehead atoms. The summed E-state index contributed by atoms with van der Waals surface area (Å²) in [5.74, 6) is -0.334. The molecule has 2 aromatic rings. The normalized spacial score (nSPS) is 11.8. The van der Waals surface area contributed by atoms with Crippen molar-refractivity contribution in [3.05, 3.63) is 39.7 Å². The number of ketones is 1. The lowest BCUT2D eigenvalue weighted by atomic mass is 9.92. The Bertz CT molecular complexity index is 910. The molecular weight excluding hydrogens is 332 g/mol. The van der Waals surface area contributed by atoms with Gasteiger partial charge in [0.1, 0.15) is 11.4 Å². The van der Waals surface area contributed by atoms with Crippen molar-refractivity contribution in [1.29, 1.82) is 0 Å². The third-order valence-electron chi connectivity index (χ3n) is 4.39. The number of nitrogen functional groups attached to an aromatic ring is 1. The molecule has 0 aliphatic heterocycles. The highest BCUT2D eigenvalue weighted by Gasteiger charge is 2.26. The molecule has 0 unspecified atom stereocenters. The average Bonchev–Trinajstić information content (AvgIpc) is 2.49. The van der Waals surface area contributed by atoms with Crippen LogP contribution < -0.4 is 16.7 Å². The van der Waals surface area contributed by atoms with E-state index in [0.717, 1.165) is 5.39 Å². The van der Waals surface area contributed by atoms with Crippen LogP contribution in [0.15, 0.2) is 27.4 Å². The van der Waals surface area contributed by atoms with Crippen LogP contribution >= 0.6 is 0 Å². The van der Waals surface area contributed by atoms with Crippen molar-refractivity contribution in [2.45, 2.75) is 53.0 Å². The van der Waals surface area contributed by atoms with Gasteiger partial charge in [-0.2, -0.15) is 0 Å². The maximum atomic E-state index is 12.5. The summed E-state index contributed by atoms with van der Waals surface area (Å²) in [6.07, 6.45) is 0.134. The molecule has 6 heteroatoms. The molecule has 1 heterocycles. The van der Waals surface area contributed by atoms with Crippen molar-refractivity contribution in [1.82, 2.24) is 5.32 Å². The number of fused-ring (bicyclic) bond motifs is 1. The molecule has 0 spiro atoms. The van der Waals surface area contributed by atoms with E-state index in [9.17, 15) is 14.4 Å². The molecule has 3 N–H and O–H groups in total. The lowest BCUT2D eigenvalue weighted by molar-refractivity contribution is -0.125. The lowest BCUT2D eigenvalue weighted by Crippen LogP contribution is -2.46. The van der Waals surface area contributed by atoms with Gasteiger partial charge in [0, 0.05) is 35.0 Å². The molecule has 6 nitrogen and oxygen atoms in total. The van der Waals surface area contributed by atoms with E-state index in [1.165, 1.54) is 0 Å². The Morgan fingerprint density at radius 3 is 2.54 bits per heavy atom. The predicted molar refractivity (Wildman–Crippen MR) is 102 cm³/mol. The second-order valence-corrected chi connectivity index (χ2v) is 7.66. The molecular formula is C20H26N2O4. The van der Waals surface area contributed by atoms with Gasteiger partial charge in [0.25, 0.3) is 0 Å². The van der Waals surface area contributed by atoms with E-state index in [1.807, 2.05) is 13.8 Å². The molecule has 1 amide bonds. The summed E-state index contributed by atoms with van der Waals surface area (Å²) in [6, 6.07) is 5.09. The fourth-order valence-corrected chi connectivity index (χ4v) is 2.88. The molecule has 0 fully saturated rings. The first-order valence-electron chi connectivity index (χ1n) is 8.65. The van der Waals surface area contributed by atoms with E-state index < -0.39 is 11.2 Å². The van der Waals surface area contributed by atoms with E-state index in [2.05, 4.69) is 5.32 Å². The first kappa shape index (κ1) is 19.7. The molecule has 0 saturated carbocycles. The molecule has 0 aliphatic carbocycles. The Hall–Kier alpha value is -2.63. The number of amides is 1. The van der Waals surface area contributed by atoms with Crippen LogP contribution in [0.4, 0.5) is 5.69 Å². The number of aryl methyl sites for hydroxylation is 1. The Morgan fingerprint density at radius 2 is 1.92 bits per heavy atom. The summed E-state index contributed by atoms with van der Waals surface area (Å²) in [6.45, 7) is 9.03. The third-order valence-corrected chi connectivity index (χ3v) is 4.39. The number of hydrogen-bond donors (Lipinski definition) is 2. The van der Waals surface area contributed by atoms with Crippen molar-refractivity contribution in [2.75, 3.05) is 5.73 Å². The van der Waals surface area contributed by atoms with E-state index >= 15 is 0 Å². The molecule has 0 radical (unpaired) electrons. The number of Topliss-reactive ketones (excluding diaryl/α,β-unsaturated/α-hetero) is 1. The number of rotatable bonds is 6. The number of nitrogens with two attached hydrogens (primary N) is 1. The summed E-state index contributed by atoms with van der Waals surface area (Å²) in [5.41, 5.74) is 6.40. The maximum Gasteiger partial charge on any atom is 0.340 e. The minimum absolute atomic E-state index is 0.0780. The lowest BCUT2D eigenvalue weighted by Gasteiger charge is -2.26. The first-order valence-corrected chi connectivity index (χ1v) is 8.65. The number of anilines is 1. The van der Waals surface area contributed by atoms with E-state index in [0.29, 0.717) is 22.4 Å². The Morgan fingerprint density at radius 1 is 1.27 bits per heavy atom. The quantitative estimate of drug-likeness (QED) is 0.610. The molecule has 26 heavy (non-hydrogen) atoms. The zero-order valence-electron chi connectivity index (χ0n) is 15.9. The van der Waals surface area contributed by atoms with Gasteiger partial charge < -0.3 is 15.5 Å². The van der Waals surface area contributed by atoms with Crippen molar-refractivity contribution in [2.24, 2.45) is 5.92 Å². The monoisotopic (exact) mass is 358 g/mol. The van der Waals surface area contributed by atoms with Crippen LogP contribution in [-0.2, 0) is 16.0 Å². The highest BCUT2D eigenvalue weighted by atomic mass is 16.4. The smallest absolute Gasteiger partial charge is 0.340 e. The van der Waals surface area contributed by atoms with Gasteiger partial charge in [-0.15, -0.1) is 0 Å². The highest BCUT2D eigenvalue weighted by molar-refractivity contribution is 5.87. The Labute approximate surface area is 152 Å². The molecule has 1 aromatic carbocycles. The van der Waals surface area contributed by atoms with Crippen molar-refractivity contribution in [3.8, 4) is 0 Å². The minimum atomic E-state index is -0.683. The number of carbonyl (C=O) groups is 2. The SMILES string of the molecule is Cc1c(CC(=O)NC(C)(C)CC(=O)C(C)C)c(=O)oc2cc(N)ccc12. The Kier molecular flexibility index (Phi) is 5.54. The fraction of sp³-hybridized carbons (Fsp3) is 0.450. The number of nitrogens with one attached hydrogen (secondary N) is 1. The number of carbonyl (C=O) groups excluding carboxylic acids is 2. The van der Waals surface area contributed by atoms with Gasteiger partial charge in [-0.3, -0.25) is 9.59 Å². The van der Waals surface area contributed by atoms with Gasteiger partial charge >= 0.3 is 5.63 Å². The van der Waals surface area contributed by atoms with Crippen LogP contribution in [-0.4, -0.2) is 17.2 Å². The summed E-state index contributed by atoms with van der Waals surface area (Å²) < 4.78 is 5.31. The second kappa shape index (κ2) is 7.32. The van der Waals surface area contributed by atoms with E-state index in [-0.39, 0.29) is 30.4 Å². The molecule has 1 aromatic heterocycles. The predicted octanol–water partition coefficient (Wildman–Crippen LogP) is 2.74. The van der Waals surface area contributed by atoms with Gasteiger partial charge in [0.2, 0.25) is 5.91 Å². The molecule has 2 rings (SSSR count). The van der Waals surface area contributed by atoms with Crippen LogP contribution in [0.2, 0.25) is 0 Å². The minimum Gasteiger partial charge on any atom is -0.422 e. The molecule has 0 atom stereocenters. The van der Waals surface area contributed by atoms with Crippen LogP contribution in [0.3, 0.4) is 0 Å². The van der Waals surface area contributed by atoms with E-state index in [1.54, 1.807) is 39.0 Å². The summed E-state index contributed by atoms with van der Waals surface area (Å²) >= 11 is 0. The average molecular weight is 358 g/mol. The molecule has 0 saturated heterocycles. The van der Waals surface area contributed by atoms with Gasteiger partial charge in [0.15, 0.2) is 0 Å². The van der Waals surface area contributed by atoms with Gasteiger partial charge in [-0.25, -0.2) is 4.79 Å². The summed E-state index contributed by atoms with van der Waals surface area (Å²) in [5, 5.41) is 3.59. The number of benzene rings is 1. The van der Waals surface area contributed by atoms with Gasteiger partial charge in [-0.1, -0.05) is 13.8 Å². The van der Waals surface area contributed by atoms with E-state index in [4.69, 9.17) is 10.2 Å². The first-order chi connectivity index (χ1) is 12.0. The van der Waals surface area contributed by atoms with Crippen LogP contribution in [0.5, 0.6) is 0 Å². The topological polar surface area (TPSA) is 102 Å². The van der Waals surface area contributed by atoms with Crippen molar-refractivity contribution < 1.29 is 14.0 Å². The summed E-state index contributed by atoms with van der Waals surface area (Å²) in [7, 11) is 0. The van der Waals surface area contributed by atoms with Crippen LogP contribution in [0.1, 0.15) is 45.2 Å². The van der Waals surface area contributed by atoms with Crippen molar-refractivity contribution in [3.63, 3.8) is 0 Å². The van der Waals surface area contributed by atoms with Gasteiger partial charge in [-0.05, 0) is 38.5 Å². The van der Waals surface area contributed by atoms with Crippen LogP contribution in [0, 0.1) is 12.8 Å². The zero-order valence-corrected chi connectivity index (χ0v) is 15.9. The maximum absolute atomic E-state index is 12.5. The zero-order chi connectivity index (χ0) is 19.6. The van der Waals surface area contributed by atoms with Crippen molar-refractivity contribution >= 4 is 28.3 Å².